The van der Waals surface area contributed by atoms with Gasteiger partial charge in [0.2, 0.25) is 0 Å². The van der Waals surface area contributed by atoms with Crippen molar-refractivity contribution < 1.29 is 19.4 Å². The first-order valence-corrected chi connectivity index (χ1v) is 6.71. The smallest absolute Gasteiger partial charge is 0.335 e. The molecule has 0 saturated heterocycles. The summed E-state index contributed by atoms with van der Waals surface area (Å²) in [7, 11) is 0. The minimum absolute atomic E-state index is 0.127. The molecule has 0 bridgehead atoms. The van der Waals surface area contributed by atoms with E-state index in [0.29, 0.717) is 28.5 Å². The molecule has 0 fully saturated rings. The highest BCUT2D eigenvalue weighted by molar-refractivity contribution is 6.31. The molecule has 0 saturated carbocycles. The average molecular weight is 305 g/mol. The van der Waals surface area contributed by atoms with Crippen molar-refractivity contribution in [1.29, 1.82) is 0 Å². The Morgan fingerprint density at radius 1 is 1.10 bits per heavy atom. The number of carbonyl (C=O) groups is 2. The Morgan fingerprint density at radius 3 is 2.29 bits per heavy atom. The quantitative estimate of drug-likeness (QED) is 0.856. The van der Waals surface area contributed by atoms with Crippen LogP contribution >= 0.6 is 11.6 Å². The Labute approximate surface area is 126 Å². The molecule has 0 aromatic heterocycles. The zero-order valence-electron chi connectivity index (χ0n) is 11.3. The topological polar surface area (TPSA) is 63.6 Å². The van der Waals surface area contributed by atoms with Crippen molar-refractivity contribution in [1.82, 2.24) is 0 Å². The second-order valence-corrected chi connectivity index (χ2v) is 4.72. The second kappa shape index (κ2) is 6.41. The Balaban J connectivity index is 2.39. The summed E-state index contributed by atoms with van der Waals surface area (Å²) in [6, 6.07) is 10.6. The average Bonchev–Trinajstić information content (AvgIpc) is 2.48. The molecule has 0 heterocycles. The summed E-state index contributed by atoms with van der Waals surface area (Å²) in [6.45, 7) is 2.25. The van der Waals surface area contributed by atoms with E-state index < -0.39 is 5.97 Å². The zero-order chi connectivity index (χ0) is 15.4. The zero-order valence-corrected chi connectivity index (χ0v) is 12.1. The van der Waals surface area contributed by atoms with Crippen LogP contribution in [0.5, 0.6) is 5.75 Å². The lowest BCUT2D eigenvalue weighted by molar-refractivity contribution is 0.0696. The van der Waals surface area contributed by atoms with Gasteiger partial charge in [-0.3, -0.25) is 4.79 Å². The van der Waals surface area contributed by atoms with E-state index in [1.807, 2.05) is 6.92 Å². The molecule has 1 N–H and O–H groups in total. The highest BCUT2D eigenvalue weighted by Gasteiger charge is 2.16. The van der Waals surface area contributed by atoms with Gasteiger partial charge in [0.15, 0.2) is 5.78 Å². The molecule has 4 nitrogen and oxygen atoms in total. The molecule has 2 aromatic carbocycles. The van der Waals surface area contributed by atoms with Gasteiger partial charge in [-0.25, -0.2) is 4.79 Å². The van der Waals surface area contributed by atoms with Gasteiger partial charge in [0, 0.05) is 10.6 Å². The predicted molar refractivity (Wildman–Crippen MR) is 79.5 cm³/mol. The molecule has 21 heavy (non-hydrogen) atoms. The first-order valence-electron chi connectivity index (χ1n) is 6.33. The second-order valence-electron chi connectivity index (χ2n) is 4.29. The maximum absolute atomic E-state index is 12.5. The van der Waals surface area contributed by atoms with E-state index in [9.17, 15) is 9.59 Å². The number of ketones is 1. The SMILES string of the molecule is CCOc1ccc(Cl)cc1C(=O)c1ccc(C(=O)O)cc1. The summed E-state index contributed by atoms with van der Waals surface area (Å²) in [4.78, 5) is 23.3. The number of ether oxygens (including phenoxy) is 1. The van der Waals surface area contributed by atoms with Crippen LogP contribution in [-0.2, 0) is 0 Å². The molecule has 0 aliphatic rings. The molecular weight excluding hydrogens is 292 g/mol. The lowest BCUT2D eigenvalue weighted by Gasteiger charge is -2.10. The van der Waals surface area contributed by atoms with E-state index in [0.717, 1.165) is 0 Å². The largest absolute Gasteiger partial charge is 0.493 e. The van der Waals surface area contributed by atoms with Crippen molar-refractivity contribution in [3.63, 3.8) is 0 Å². The van der Waals surface area contributed by atoms with Gasteiger partial charge in [-0.1, -0.05) is 23.7 Å². The number of carboxylic acids is 1. The molecular formula is C16H13ClO4. The molecule has 108 valence electrons. The summed E-state index contributed by atoms with van der Waals surface area (Å²) in [6.07, 6.45) is 0. The van der Waals surface area contributed by atoms with Crippen molar-refractivity contribution in [2.75, 3.05) is 6.61 Å². The molecule has 0 spiro atoms. The van der Waals surface area contributed by atoms with Gasteiger partial charge in [0.05, 0.1) is 17.7 Å². The predicted octanol–water partition coefficient (Wildman–Crippen LogP) is 3.67. The standard InChI is InChI=1S/C16H13ClO4/c1-2-21-14-8-7-12(17)9-13(14)15(18)10-3-5-11(6-4-10)16(19)20/h3-9H,2H2,1H3,(H,19,20). The van der Waals surface area contributed by atoms with Crippen LogP contribution in [0.1, 0.15) is 33.2 Å². The van der Waals surface area contributed by atoms with Crippen LogP contribution in [0.4, 0.5) is 0 Å². The van der Waals surface area contributed by atoms with Crippen LogP contribution in [0, 0.1) is 0 Å². The fraction of sp³-hybridized carbons (Fsp3) is 0.125. The first-order chi connectivity index (χ1) is 10.0. The number of carbonyl (C=O) groups excluding carboxylic acids is 1. The first kappa shape index (κ1) is 15.1. The van der Waals surface area contributed by atoms with Crippen molar-refractivity contribution in [3.8, 4) is 5.75 Å². The van der Waals surface area contributed by atoms with Crippen molar-refractivity contribution in [3.05, 3.63) is 64.2 Å². The summed E-state index contributed by atoms with van der Waals surface area (Å²) in [5.74, 6) is -0.848. The van der Waals surface area contributed by atoms with Crippen LogP contribution in [0.2, 0.25) is 5.02 Å². The van der Waals surface area contributed by atoms with E-state index in [1.165, 1.54) is 24.3 Å². The number of aromatic carboxylic acids is 1. The number of halogens is 1. The Kier molecular flexibility index (Phi) is 4.60. The molecule has 0 atom stereocenters. The number of carboxylic acid groups (broad SMARTS) is 1. The number of hydrogen-bond donors (Lipinski definition) is 1. The summed E-state index contributed by atoms with van der Waals surface area (Å²) in [5, 5.41) is 9.29. The van der Waals surface area contributed by atoms with Crippen molar-refractivity contribution in [2.24, 2.45) is 0 Å². The van der Waals surface area contributed by atoms with Crippen LogP contribution in [0.15, 0.2) is 42.5 Å². The van der Waals surface area contributed by atoms with Crippen LogP contribution in [0.3, 0.4) is 0 Å². The van der Waals surface area contributed by atoms with E-state index in [4.69, 9.17) is 21.4 Å². The molecule has 0 unspecified atom stereocenters. The van der Waals surface area contributed by atoms with E-state index >= 15 is 0 Å². The highest BCUT2D eigenvalue weighted by atomic mass is 35.5. The Bertz CT molecular complexity index is 677. The number of hydrogen-bond acceptors (Lipinski definition) is 3. The number of rotatable bonds is 5. The molecule has 5 heteroatoms. The summed E-state index contributed by atoms with van der Waals surface area (Å²) >= 11 is 5.93. The van der Waals surface area contributed by atoms with Gasteiger partial charge in [-0.05, 0) is 37.3 Å². The molecule has 0 aliphatic carbocycles. The van der Waals surface area contributed by atoms with Gasteiger partial charge in [-0.15, -0.1) is 0 Å². The lowest BCUT2D eigenvalue weighted by atomic mass is 10.0. The Hall–Kier alpha value is -2.33. The maximum atomic E-state index is 12.5. The molecule has 2 aromatic rings. The van der Waals surface area contributed by atoms with Gasteiger partial charge >= 0.3 is 5.97 Å². The van der Waals surface area contributed by atoms with E-state index in [2.05, 4.69) is 0 Å². The summed E-state index contributed by atoms with van der Waals surface area (Å²) in [5.41, 5.74) is 0.860. The van der Waals surface area contributed by atoms with E-state index in [1.54, 1.807) is 18.2 Å². The maximum Gasteiger partial charge on any atom is 0.335 e. The normalized spacial score (nSPS) is 10.2. The van der Waals surface area contributed by atoms with Crippen molar-refractivity contribution >= 4 is 23.4 Å². The fourth-order valence-electron chi connectivity index (χ4n) is 1.88. The van der Waals surface area contributed by atoms with Crippen LogP contribution < -0.4 is 4.74 Å². The fourth-order valence-corrected chi connectivity index (χ4v) is 2.05. The highest BCUT2D eigenvalue weighted by Crippen LogP contribution is 2.25. The third-order valence-electron chi connectivity index (χ3n) is 2.88. The lowest BCUT2D eigenvalue weighted by Crippen LogP contribution is -2.06. The molecule has 2 rings (SSSR count). The third-order valence-corrected chi connectivity index (χ3v) is 3.12. The van der Waals surface area contributed by atoms with Crippen molar-refractivity contribution in [2.45, 2.75) is 6.92 Å². The minimum atomic E-state index is -1.04. The van der Waals surface area contributed by atoms with Gasteiger partial charge < -0.3 is 9.84 Å². The van der Waals surface area contributed by atoms with Gasteiger partial charge in [0.1, 0.15) is 5.75 Å². The Morgan fingerprint density at radius 2 is 1.71 bits per heavy atom. The van der Waals surface area contributed by atoms with E-state index in [-0.39, 0.29) is 11.3 Å². The minimum Gasteiger partial charge on any atom is -0.493 e. The molecule has 0 amide bonds. The monoisotopic (exact) mass is 304 g/mol. The summed E-state index contributed by atoms with van der Waals surface area (Å²) < 4.78 is 5.42. The molecule has 0 aliphatic heterocycles. The van der Waals surface area contributed by atoms with Gasteiger partial charge in [-0.2, -0.15) is 0 Å². The number of benzene rings is 2. The van der Waals surface area contributed by atoms with Crippen LogP contribution in [-0.4, -0.2) is 23.5 Å². The molecule has 0 radical (unpaired) electrons. The third kappa shape index (κ3) is 3.41. The van der Waals surface area contributed by atoms with Crippen LogP contribution in [0.25, 0.3) is 0 Å². The van der Waals surface area contributed by atoms with Gasteiger partial charge in [0.25, 0.3) is 0 Å².